The molecule has 8 nitrogen and oxygen atoms in total. The van der Waals surface area contributed by atoms with Crippen LogP contribution in [0.15, 0.2) is 78.1 Å². The van der Waals surface area contributed by atoms with Crippen molar-refractivity contribution in [3.63, 3.8) is 0 Å². The molecule has 0 bridgehead atoms. The second kappa shape index (κ2) is 9.47. The Hall–Kier alpha value is -3.76. The van der Waals surface area contributed by atoms with Gasteiger partial charge in [-0.15, -0.1) is 0 Å². The van der Waals surface area contributed by atoms with E-state index in [-0.39, 0.29) is 10.7 Å². The number of hydrogen-bond acceptors (Lipinski definition) is 6. The van der Waals surface area contributed by atoms with Crippen LogP contribution < -0.4 is 9.62 Å². The molecule has 3 heterocycles. The third-order valence-electron chi connectivity index (χ3n) is 6.06. The van der Waals surface area contributed by atoms with Crippen LogP contribution in [-0.2, 0) is 10.0 Å². The average Bonchev–Trinajstić information content (AvgIpc) is 3.35. The Morgan fingerprint density at radius 3 is 2.40 bits per heavy atom. The van der Waals surface area contributed by atoms with Crippen LogP contribution in [0.2, 0.25) is 0 Å². The molecule has 1 fully saturated rings. The Balaban J connectivity index is 1.53. The minimum atomic E-state index is -3.85. The molecule has 35 heavy (non-hydrogen) atoms. The Labute approximate surface area is 203 Å². The predicted molar refractivity (Wildman–Crippen MR) is 134 cm³/mol. The van der Waals surface area contributed by atoms with Crippen molar-refractivity contribution in [2.24, 2.45) is 0 Å². The van der Waals surface area contributed by atoms with Crippen LogP contribution in [0.25, 0.3) is 22.6 Å². The van der Waals surface area contributed by atoms with E-state index >= 15 is 0 Å². The van der Waals surface area contributed by atoms with E-state index in [9.17, 15) is 12.8 Å². The van der Waals surface area contributed by atoms with E-state index in [1.165, 1.54) is 36.7 Å². The van der Waals surface area contributed by atoms with Gasteiger partial charge >= 0.3 is 0 Å². The summed E-state index contributed by atoms with van der Waals surface area (Å²) in [6, 6.07) is 14.7. The number of imidazole rings is 1. The molecule has 0 aliphatic carbocycles. The van der Waals surface area contributed by atoms with Gasteiger partial charge in [-0.1, -0.05) is 0 Å². The van der Waals surface area contributed by atoms with Gasteiger partial charge in [0.15, 0.2) is 0 Å². The number of likely N-dealkylation sites (N-methyl/N-ethyl adjacent to an activating group) is 1. The zero-order valence-electron chi connectivity index (χ0n) is 19.1. The first kappa shape index (κ1) is 23.0. The topological polar surface area (TPSA) is 94.2 Å². The van der Waals surface area contributed by atoms with E-state index in [1.54, 1.807) is 18.3 Å². The van der Waals surface area contributed by atoms with Gasteiger partial charge in [0.25, 0.3) is 10.0 Å². The minimum absolute atomic E-state index is 0.120. The number of aromatic amines is 1. The van der Waals surface area contributed by atoms with E-state index in [2.05, 4.69) is 36.5 Å². The number of nitrogens with one attached hydrogen (secondary N) is 2. The summed E-state index contributed by atoms with van der Waals surface area (Å²) in [4.78, 5) is 16.2. The maximum atomic E-state index is 13.3. The van der Waals surface area contributed by atoms with Crippen LogP contribution in [0, 0.1) is 5.82 Å². The second-order valence-electron chi connectivity index (χ2n) is 8.46. The highest BCUT2D eigenvalue weighted by molar-refractivity contribution is 7.92. The molecular weight excluding hydrogens is 467 g/mol. The first-order valence-corrected chi connectivity index (χ1v) is 12.7. The Morgan fingerprint density at radius 2 is 1.69 bits per heavy atom. The quantitative estimate of drug-likeness (QED) is 0.425. The highest BCUT2D eigenvalue weighted by atomic mass is 32.2. The molecular formula is C25H25FN6O2S. The lowest BCUT2D eigenvalue weighted by molar-refractivity contribution is 0.313. The van der Waals surface area contributed by atoms with Crippen molar-refractivity contribution in [1.82, 2.24) is 19.9 Å². The number of nitrogens with zero attached hydrogens (tertiary/aromatic N) is 4. The largest absolute Gasteiger partial charge is 0.369 e. The minimum Gasteiger partial charge on any atom is -0.369 e. The van der Waals surface area contributed by atoms with Gasteiger partial charge in [-0.05, 0) is 67.2 Å². The van der Waals surface area contributed by atoms with Crippen molar-refractivity contribution in [1.29, 1.82) is 0 Å². The number of sulfonamides is 1. The van der Waals surface area contributed by atoms with E-state index in [0.29, 0.717) is 22.8 Å². The third kappa shape index (κ3) is 5.03. The van der Waals surface area contributed by atoms with Crippen LogP contribution in [-0.4, -0.2) is 61.5 Å². The number of aromatic nitrogens is 3. The SMILES string of the molecule is CN1CCN(c2ccc(-c3ncc(-c4ccc(F)cc4)[nH]3)c(NS(=O)(=O)c3ccncc3)c2)CC1. The molecule has 0 amide bonds. The molecule has 2 aromatic heterocycles. The molecule has 0 unspecified atom stereocenters. The number of halogens is 1. The van der Waals surface area contributed by atoms with E-state index in [4.69, 9.17) is 0 Å². The Bertz CT molecular complexity index is 1420. The van der Waals surface area contributed by atoms with Crippen molar-refractivity contribution in [3.8, 4) is 22.6 Å². The van der Waals surface area contributed by atoms with Gasteiger partial charge in [0, 0.05) is 49.8 Å². The molecule has 0 saturated carbocycles. The fourth-order valence-electron chi connectivity index (χ4n) is 4.04. The van der Waals surface area contributed by atoms with E-state index in [0.717, 1.165) is 37.4 Å². The van der Waals surface area contributed by atoms with Crippen molar-refractivity contribution < 1.29 is 12.8 Å². The summed E-state index contributed by atoms with van der Waals surface area (Å²) in [6.07, 6.45) is 4.54. The van der Waals surface area contributed by atoms with Crippen molar-refractivity contribution in [2.45, 2.75) is 4.90 Å². The van der Waals surface area contributed by atoms with Gasteiger partial charge in [-0.2, -0.15) is 0 Å². The van der Waals surface area contributed by atoms with Crippen LogP contribution in [0.5, 0.6) is 0 Å². The monoisotopic (exact) mass is 492 g/mol. The van der Waals surface area contributed by atoms with Crippen molar-refractivity contribution >= 4 is 21.4 Å². The fourth-order valence-corrected chi connectivity index (χ4v) is 5.10. The first-order chi connectivity index (χ1) is 16.9. The highest BCUT2D eigenvalue weighted by Crippen LogP contribution is 2.33. The van der Waals surface area contributed by atoms with Crippen molar-refractivity contribution in [2.75, 3.05) is 42.8 Å². The predicted octanol–water partition coefficient (Wildman–Crippen LogP) is 3.83. The summed E-state index contributed by atoms with van der Waals surface area (Å²) in [7, 11) is -1.76. The molecule has 1 aliphatic heterocycles. The van der Waals surface area contributed by atoms with Crippen molar-refractivity contribution in [3.05, 3.63) is 79.0 Å². The molecule has 0 radical (unpaired) electrons. The second-order valence-corrected chi connectivity index (χ2v) is 10.1. The maximum Gasteiger partial charge on any atom is 0.262 e. The summed E-state index contributed by atoms with van der Waals surface area (Å²) >= 11 is 0. The summed E-state index contributed by atoms with van der Waals surface area (Å²) in [5, 5.41) is 0. The fraction of sp³-hybridized carbons (Fsp3) is 0.200. The molecule has 10 heteroatoms. The molecule has 0 atom stereocenters. The van der Waals surface area contributed by atoms with Crippen LogP contribution in [0.1, 0.15) is 0 Å². The zero-order chi connectivity index (χ0) is 24.4. The standard InChI is InChI=1S/C25H25FN6O2S/c1-31-12-14-32(15-13-31)20-6-7-22(23(16-20)30-35(33,34)21-8-10-27-11-9-21)25-28-17-24(29-25)18-2-4-19(26)5-3-18/h2-11,16-17,30H,12-15H2,1H3,(H,28,29). The van der Waals surface area contributed by atoms with E-state index < -0.39 is 10.0 Å². The van der Waals surface area contributed by atoms with Gasteiger partial charge in [-0.3, -0.25) is 9.71 Å². The number of anilines is 2. The van der Waals surface area contributed by atoms with Crippen LogP contribution in [0.3, 0.4) is 0 Å². The molecule has 180 valence electrons. The molecule has 4 aromatic rings. The smallest absolute Gasteiger partial charge is 0.262 e. The summed E-state index contributed by atoms with van der Waals surface area (Å²) in [5.74, 6) is 0.183. The van der Waals surface area contributed by atoms with Crippen LogP contribution in [0.4, 0.5) is 15.8 Å². The average molecular weight is 493 g/mol. The molecule has 2 aromatic carbocycles. The molecule has 0 spiro atoms. The molecule has 1 aliphatic rings. The van der Waals surface area contributed by atoms with Crippen LogP contribution >= 0.6 is 0 Å². The number of rotatable bonds is 6. The summed E-state index contributed by atoms with van der Waals surface area (Å²) in [5.41, 5.74) is 3.43. The lowest BCUT2D eigenvalue weighted by atomic mass is 10.1. The lowest BCUT2D eigenvalue weighted by Gasteiger charge is -2.34. The number of hydrogen-bond donors (Lipinski definition) is 2. The molecule has 2 N–H and O–H groups in total. The summed E-state index contributed by atoms with van der Waals surface area (Å²) in [6.45, 7) is 3.56. The lowest BCUT2D eigenvalue weighted by Crippen LogP contribution is -2.44. The molecule has 5 rings (SSSR count). The summed E-state index contributed by atoms with van der Waals surface area (Å²) < 4.78 is 42.4. The zero-order valence-corrected chi connectivity index (χ0v) is 20.0. The van der Waals surface area contributed by atoms with Gasteiger partial charge in [0.05, 0.1) is 22.5 Å². The van der Waals surface area contributed by atoms with Gasteiger partial charge in [0.2, 0.25) is 0 Å². The number of H-pyrrole nitrogens is 1. The highest BCUT2D eigenvalue weighted by Gasteiger charge is 2.21. The number of piperazine rings is 1. The van der Waals surface area contributed by atoms with Gasteiger partial charge < -0.3 is 14.8 Å². The maximum absolute atomic E-state index is 13.3. The third-order valence-corrected chi connectivity index (χ3v) is 7.44. The first-order valence-electron chi connectivity index (χ1n) is 11.2. The normalized spacial score (nSPS) is 14.7. The number of benzene rings is 2. The molecule has 1 saturated heterocycles. The Kier molecular flexibility index (Phi) is 6.23. The van der Waals surface area contributed by atoms with Gasteiger partial charge in [0.1, 0.15) is 11.6 Å². The van der Waals surface area contributed by atoms with E-state index in [1.807, 2.05) is 18.2 Å². The Morgan fingerprint density at radius 1 is 0.971 bits per heavy atom. The number of pyridine rings is 1. The van der Waals surface area contributed by atoms with Gasteiger partial charge in [-0.25, -0.2) is 17.8 Å².